The molecule has 2 rings (SSSR count). The van der Waals surface area contributed by atoms with Crippen LogP contribution in [0, 0.1) is 6.92 Å². The van der Waals surface area contributed by atoms with Crippen molar-refractivity contribution in [1.82, 2.24) is 10.3 Å². The van der Waals surface area contributed by atoms with Gasteiger partial charge in [0.25, 0.3) is 0 Å². The first-order valence-corrected chi connectivity index (χ1v) is 7.71. The lowest BCUT2D eigenvalue weighted by molar-refractivity contribution is 0.0439. The zero-order chi connectivity index (χ0) is 14.4. The summed E-state index contributed by atoms with van der Waals surface area (Å²) in [5.74, 6) is 1.12. The third-order valence-electron chi connectivity index (χ3n) is 3.72. The minimum absolute atomic E-state index is 0.363. The number of nitrogens with one attached hydrogen (secondary N) is 1. The number of hydrogen-bond donors (Lipinski definition) is 1. The van der Waals surface area contributed by atoms with E-state index < -0.39 is 0 Å². The number of rotatable bonds is 6. The van der Waals surface area contributed by atoms with Crippen LogP contribution in [0.4, 0.5) is 5.82 Å². The molecule has 1 aromatic rings. The van der Waals surface area contributed by atoms with Crippen LogP contribution in [-0.2, 0) is 11.3 Å². The van der Waals surface area contributed by atoms with Crippen LogP contribution in [0.2, 0.25) is 0 Å². The second-order valence-corrected chi connectivity index (χ2v) is 5.60. The minimum Gasteiger partial charge on any atom is -0.376 e. The molecule has 0 saturated carbocycles. The smallest absolute Gasteiger partial charge is 0.131 e. The zero-order valence-corrected chi connectivity index (χ0v) is 13.0. The molecule has 1 unspecified atom stereocenters. The number of ether oxygens (including phenoxy) is 1. The first-order valence-electron chi connectivity index (χ1n) is 7.71. The fraction of sp³-hybridized carbons (Fsp3) is 0.688. The predicted molar refractivity (Wildman–Crippen MR) is 83.2 cm³/mol. The van der Waals surface area contributed by atoms with E-state index in [1.807, 2.05) is 13.2 Å². The largest absolute Gasteiger partial charge is 0.376 e. The second kappa shape index (κ2) is 7.60. The van der Waals surface area contributed by atoms with E-state index >= 15 is 0 Å². The van der Waals surface area contributed by atoms with Crippen molar-refractivity contribution in [3.05, 3.63) is 23.4 Å². The van der Waals surface area contributed by atoms with Gasteiger partial charge in [-0.15, -0.1) is 0 Å². The topological polar surface area (TPSA) is 37.4 Å². The number of hydrogen-bond acceptors (Lipinski definition) is 4. The number of aryl methyl sites for hydroxylation is 1. The van der Waals surface area contributed by atoms with Gasteiger partial charge in [-0.1, -0.05) is 6.92 Å². The van der Waals surface area contributed by atoms with Gasteiger partial charge >= 0.3 is 0 Å². The molecule has 0 spiro atoms. The Balaban J connectivity index is 2.02. The van der Waals surface area contributed by atoms with Crippen LogP contribution in [-0.4, -0.2) is 37.8 Å². The summed E-state index contributed by atoms with van der Waals surface area (Å²) >= 11 is 0. The Hall–Kier alpha value is -1.13. The maximum Gasteiger partial charge on any atom is 0.131 e. The van der Waals surface area contributed by atoms with Crippen molar-refractivity contribution in [2.45, 2.75) is 45.8 Å². The van der Waals surface area contributed by atoms with Crippen LogP contribution >= 0.6 is 0 Å². The Kier molecular flexibility index (Phi) is 5.80. The highest BCUT2D eigenvalue weighted by molar-refractivity contribution is 5.47. The van der Waals surface area contributed by atoms with Crippen LogP contribution in [0.5, 0.6) is 0 Å². The van der Waals surface area contributed by atoms with Gasteiger partial charge in [0, 0.05) is 32.4 Å². The van der Waals surface area contributed by atoms with Crippen LogP contribution < -0.4 is 10.2 Å². The van der Waals surface area contributed by atoms with E-state index in [2.05, 4.69) is 35.1 Å². The number of anilines is 1. The monoisotopic (exact) mass is 277 g/mol. The minimum atomic E-state index is 0.363. The molecule has 1 fully saturated rings. The highest BCUT2D eigenvalue weighted by Gasteiger charge is 2.22. The van der Waals surface area contributed by atoms with Gasteiger partial charge < -0.3 is 15.0 Å². The van der Waals surface area contributed by atoms with E-state index in [9.17, 15) is 0 Å². The molecular weight excluding hydrogens is 250 g/mol. The second-order valence-electron chi connectivity index (χ2n) is 5.60. The molecule has 0 aromatic carbocycles. The van der Waals surface area contributed by atoms with E-state index in [4.69, 9.17) is 4.74 Å². The van der Waals surface area contributed by atoms with Crippen molar-refractivity contribution >= 4 is 5.82 Å². The van der Waals surface area contributed by atoms with E-state index in [-0.39, 0.29) is 0 Å². The quantitative estimate of drug-likeness (QED) is 0.867. The fourth-order valence-electron chi connectivity index (χ4n) is 2.81. The molecule has 1 atom stereocenters. The average Bonchev–Trinajstić information content (AvgIpc) is 2.46. The van der Waals surface area contributed by atoms with Gasteiger partial charge in [-0.05, 0) is 50.4 Å². The van der Waals surface area contributed by atoms with E-state index in [0.29, 0.717) is 6.10 Å². The lowest BCUT2D eigenvalue weighted by Crippen LogP contribution is -2.40. The molecular formula is C16H27N3O. The van der Waals surface area contributed by atoms with Crippen molar-refractivity contribution in [3.63, 3.8) is 0 Å². The lowest BCUT2D eigenvalue weighted by atomic mass is 10.1. The molecule has 4 heteroatoms. The summed E-state index contributed by atoms with van der Waals surface area (Å²) < 4.78 is 5.91. The fourth-order valence-corrected chi connectivity index (χ4v) is 2.81. The molecule has 4 nitrogen and oxygen atoms in total. The number of nitrogens with zero attached hydrogens (tertiary/aromatic N) is 2. The lowest BCUT2D eigenvalue weighted by Gasteiger charge is -2.34. The average molecular weight is 277 g/mol. The highest BCUT2D eigenvalue weighted by atomic mass is 16.5. The summed E-state index contributed by atoms with van der Waals surface area (Å²) in [4.78, 5) is 7.04. The maximum atomic E-state index is 5.91. The van der Waals surface area contributed by atoms with E-state index in [1.165, 1.54) is 24.0 Å². The van der Waals surface area contributed by atoms with Crippen molar-refractivity contribution in [2.24, 2.45) is 0 Å². The third kappa shape index (κ3) is 3.93. The number of pyridine rings is 1. The summed E-state index contributed by atoms with van der Waals surface area (Å²) in [5, 5.41) is 3.17. The van der Waals surface area contributed by atoms with Crippen LogP contribution in [0.15, 0.2) is 12.3 Å². The molecule has 2 heterocycles. The molecule has 1 N–H and O–H groups in total. The van der Waals surface area contributed by atoms with Gasteiger partial charge in [-0.3, -0.25) is 0 Å². The van der Waals surface area contributed by atoms with Gasteiger partial charge in [0.2, 0.25) is 0 Å². The maximum absolute atomic E-state index is 5.91. The van der Waals surface area contributed by atoms with Gasteiger partial charge in [0.05, 0.1) is 6.10 Å². The van der Waals surface area contributed by atoms with Crippen LogP contribution in [0.1, 0.15) is 37.3 Å². The van der Waals surface area contributed by atoms with Crippen molar-refractivity contribution in [3.8, 4) is 0 Å². The SMILES string of the molecule is CCCOC1CCCN(c2ncc(CNC)cc2C)C1. The molecule has 0 aliphatic carbocycles. The molecule has 20 heavy (non-hydrogen) atoms. The molecule has 0 bridgehead atoms. The highest BCUT2D eigenvalue weighted by Crippen LogP contribution is 2.23. The van der Waals surface area contributed by atoms with Gasteiger partial charge in [0.1, 0.15) is 5.82 Å². The summed E-state index contributed by atoms with van der Waals surface area (Å²) in [6.07, 6.45) is 5.80. The van der Waals surface area contributed by atoms with Gasteiger partial charge in [-0.25, -0.2) is 4.98 Å². The first-order chi connectivity index (χ1) is 9.74. The first kappa shape index (κ1) is 15.3. The summed E-state index contributed by atoms with van der Waals surface area (Å²) in [5.41, 5.74) is 2.50. The standard InChI is InChI=1S/C16H27N3O/c1-4-8-20-15-6-5-7-19(12-15)16-13(2)9-14(10-17-3)11-18-16/h9,11,15,17H,4-8,10,12H2,1-3H3. The Morgan fingerprint density at radius 3 is 3.05 bits per heavy atom. The molecule has 1 saturated heterocycles. The summed E-state index contributed by atoms with van der Waals surface area (Å²) in [7, 11) is 1.96. The normalized spacial score (nSPS) is 19.4. The Morgan fingerprint density at radius 1 is 1.50 bits per heavy atom. The summed E-state index contributed by atoms with van der Waals surface area (Å²) in [6.45, 7) is 8.11. The predicted octanol–water partition coefficient (Wildman–Crippen LogP) is 2.50. The molecule has 0 amide bonds. The van der Waals surface area contributed by atoms with Crippen molar-refractivity contribution < 1.29 is 4.74 Å². The summed E-state index contributed by atoms with van der Waals surface area (Å²) in [6, 6.07) is 2.23. The Labute approximate surface area is 122 Å². The third-order valence-corrected chi connectivity index (χ3v) is 3.72. The van der Waals surface area contributed by atoms with E-state index in [0.717, 1.165) is 38.5 Å². The molecule has 0 radical (unpaired) electrons. The van der Waals surface area contributed by atoms with E-state index in [1.54, 1.807) is 0 Å². The van der Waals surface area contributed by atoms with Crippen LogP contribution in [0.25, 0.3) is 0 Å². The molecule has 1 aromatic heterocycles. The van der Waals surface area contributed by atoms with Crippen molar-refractivity contribution in [1.29, 1.82) is 0 Å². The van der Waals surface area contributed by atoms with Gasteiger partial charge in [-0.2, -0.15) is 0 Å². The number of aromatic nitrogens is 1. The Bertz CT molecular complexity index is 422. The molecule has 1 aliphatic heterocycles. The zero-order valence-electron chi connectivity index (χ0n) is 13.0. The molecule has 112 valence electrons. The van der Waals surface area contributed by atoms with Crippen molar-refractivity contribution in [2.75, 3.05) is 31.6 Å². The Morgan fingerprint density at radius 2 is 2.35 bits per heavy atom. The number of piperidine rings is 1. The van der Waals surface area contributed by atoms with Gasteiger partial charge in [0.15, 0.2) is 0 Å². The molecule has 1 aliphatic rings. The van der Waals surface area contributed by atoms with Crippen LogP contribution in [0.3, 0.4) is 0 Å².